The number of oxime groups is 1. The van der Waals surface area contributed by atoms with Crippen LogP contribution >= 0.6 is 0 Å². The second-order valence-corrected chi connectivity index (χ2v) is 4.72. The number of benzene rings is 1. The molecule has 0 bridgehead atoms. The molecule has 1 aromatic rings. The van der Waals surface area contributed by atoms with Crippen molar-refractivity contribution in [3.05, 3.63) is 35.4 Å². The Labute approximate surface area is 118 Å². The van der Waals surface area contributed by atoms with Gasteiger partial charge in [-0.05, 0) is 11.5 Å². The molecule has 1 aromatic carbocycles. The highest BCUT2D eigenvalue weighted by molar-refractivity contribution is 5.97. The average molecular weight is 279 g/mol. The maximum Gasteiger partial charge on any atom is 0.224 e. The Bertz CT molecular complexity index is 457. The van der Waals surface area contributed by atoms with Gasteiger partial charge in [0.2, 0.25) is 5.91 Å². The van der Waals surface area contributed by atoms with Gasteiger partial charge in [0.15, 0.2) is 5.84 Å². The van der Waals surface area contributed by atoms with Gasteiger partial charge in [0.1, 0.15) is 0 Å². The minimum Gasteiger partial charge on any atom is -0.409 e. The SMILES string of the molecule is COCC(C)CNC(=O)Cc1ccc(C(N)=NO)cc1. The normalized spacial score (nSPS) is 13.0. The molecule has 20 heavy (non-hydrogen) atoms. The molecule has 0 spiro atoms. The minimum absolute atomic E-state index is 0.0375. The van der Waals surface area contributed by atoms with Crippen LogP contribution in [0.3, 0.4) is 0 Å². The Hall–Kier alpha value is -2.08. The lowest BCUT2D eigenvalue weighted by molar-refractivity contribution is -0.120. The van der Waals surface area contributed by atoms with Crippen LogP contribution in [0, 0.1) is 5.92 Å². The topological polar surface area (TPSA) is 96.9 Å². The smallest absolute Gasteiger partial charge is 0.224 e. The van der Waals surface area contributed by atoms with E-state index < -0.39 is 0 Å². The van der Waals surface area contributed by atoms with E-state index in [9.17, 15) is 4.79 Å². The molecular formula is C14H21N3O3. The Kier molecular flexibility index (Phi) is 6.52. The quantitative estimate of drug-likeness (QED) is 0.296. The molecule has 0 saturated carbocycles. The third-order valence-corrected chi connectivity index (χ3v) is 2.82. The van der Waals surface area contributed by atoms with Gasteiger partial charge >= 0.3 is 0 Å². The van der Waals surface area contributed by atoms with Gasteiger partial charge in [-0.15, -0.1) is 0 Å². The second kappa shape index (κ2) is 8.16. The summed E-state index contributed by atoms with van der Waals surface area (Å²) in [4.78, 5) is 11.8. The number of hydrogen-bond donors (Lipinski definition) is 3. The lowest BCUT2D eigenvalue weighted by atomic mass is 10.1. The number of carbonyl (C=O) groups is 1. The molecular weight excluding hydrogens is 258 g/mol. The van der Waals surface area contributed by atoms with Crippen molar-refractivity contribution >= 4 is 11.7 Å². The summed E-state index contributed by atoms with van der Waals surface area (Å²) < 4.78 is 5.01. The van der Waals surface area contributed by atoms with E-state index in [4.69, 9.17) is 15.7 Å². The van der Waals surface area contributed by atoms with E-state index in [-0.39, 0.29) is 17.7 Å². The van der Waals surface area contributed by atoms with E-state index in [2.05, 4.69) is 10.5 Å². The van der Waals surface area contributed by atoms with Gasteiger partial charge in [-0.2, -0.15) is 0 Å². The summed E-state index contributed by atoms with van der Waals surface area (Å²) >= 11 is 0. The summed E-state index contributed by atoms with van der Waals surface area (Å²) in [6.45, 7) is 3.22. The molecule has 1 amide bonds. The van der Waals surface area contributed by atoms with E-state index in [1.165, 1.54) is 0 Å². The van der Waals surface area contributed by atoms with Crippen LogP contribution in [0.5, 0.6) is 0 Å². The Morgan fingerprint density at radius 3 is 2.65 bits per heavy atom. The van der Waals surface area contributed by atoms with Gasteiger partial charge in [0.05, 0.1) is 13.0 Å². The molecule has 110 valence electrons. The number of nitrogens with zero attached hydrogens (tertiary/aromatic N) is 1. The summed E-state index contributed by atoms with van der Waals surface area (Å²) in [5.74, 6) is 0.297. The first kappa shape index (κ1) is 16.0. The number of ether oxygens (including phenoxy) is 1. The number of rotatable bonds is 7. The fourth-order valence-electron chi connectivity index (χ4n) is 1.73. The van der Waals surface area contributed by atoms with Gasteiger partial charge in [-0.3, -0.25) is 4.79 Å². The molecule has 0 saturated heterocycles. The molecule has 1 unspecified atom stereocenters. The van der Waals surface area contributed by atoms with Gasteiger partial charge < -0.3 is 21.0 Å². The molecule has 1 rings (SSSR count). The van der Waals surface area contributed by atoms with Gasteiger partial charge in [-0.25, -0.2) is 0 Å². The molecule has 0 fully saturated rings. The van der Waals surface area contributed by atoms with Crippen molar-refractivity contribution in [2.45, 2.75) is 13.3 Å². The summed E-state index contributed by atoms with van der Waals surface area (Å²) in [5.41, 5.74) is 6.95. The zero-order valence-corrected chi connectivity index (χ0v) is 11.8. The molecule has 0 aliphatic heterocycles. The average Bonchev–Trinajstić information content (AvgIpc) is 2.45. The predicted molar refractivity (Wildman–Crippen MR) is 76.7 cm³/mol. The van der Waals surface area contributed by atoms with E-state index >= 15 is 0 Å². The van der Waals surface area contributed by atoms with Gasteiger partial charge in [-0.1, -0.05) is 36.3 Å². The molecule has 0 aliphatic carbocycles. The van der Waals surface area contributed by atoms with Crippen LogP contribution in [0.2, 0.25) is 0 Å². The van der Waals surface area contributed by atoms with E-state index in [0.717, 1.165) is 5.56 Å². The van der Waals surface area contributed by atoms with E-state index in [0.29, 0.717) is 25.1 Å². The first-order valence-corrected chi connectivity index (χ1v) is 6.39. The fraction of sp³-hybridized carbons (Fsp3) is 0.429. The predicted octanol–water partition coefficient (Wildman–Crippen LogP) is 0.722. The maximum atomic E-state index is 11.8. The van der Waals surface area contributed by atoms with Crippen molar-refractivity contribution < 1.29 is 14.7 Å². The largest absolute Gasteiger partial charge is 0.409 e. The van der Waals surface area contributed by atoms with Crippen LogP contribution in [0.25, 0.3) is 0 Å². The van der Waals surface area contributed by atoms with Crippen LogP contribution in [0.1, 0.15) is 18.1 Å². The standard InChI is InChI=1S/C14H21N3O3/c1-10(9-20-2)8-16-13(18)7-11-3-5-12(6-4-11)14(15)17-19/h3-6,10,19H,7-9H2,1-2H3,(H2,15,17)(H,16,18). The minimum atomic E-state index is -0.0375. The number of amides is 1. The third-order valence-electron chi connectivity index (χ3n) is 2.82. The third kappa shape index (κ3) is 5.27. The van der Waals surface area contributed by atoms with Crippen LogP contribution in [-0.2, 0) is 16.0 Å². The van der Waals surface area contributed by atoms with Crippen LogP contribution in [-0.4, -0.2) is 37.2 Å². The Balaban J connectivity index is 2.46. The maximum absolute atomic E-state index is 11.8. The van der Waals surface area contributed by atoms with Crippen molar-refractivity contribution in [3.63, 3.8) is 0 Å². The highest BCUT2D eigenvalue weighted by Crippen LogP contribution is 2.05. The zero-order chi connectivity index (χ0) is 15.0. The number of amidine groups is 1. The molecule has 0 aromatic heterocycles. The monoisotopic (exact) mass is 279 g/mol. The highest BCUT2D eigenvalue weighted by Gasteiger charge is 2.07. The first-order valence-electron chi connectivity index (χ1n) is 6.39. The highest BCUT2D eigenvalue weighted by atomic mass is 16.5. The molecule has 0 heterocycles. The summed E-state index contributed by atoms with van der Waals surface area (Å²) in [6, 6.07) is 6.99. The van der Waals surface area contributed by atoms with Crippen molar-refractivity contribution in [2.75, 3.05) is 20.3 Å². The summed E-state index contributed by atoms with van der Waals surface area (Å²) in [7, 11) is 1.64. The van der Waals surface area contributed by atoms with Crippen LogP contribution in [0.15, 0.2) is 29.4 Å². The lowest BCUT2D eigenvalue weighted by Crippen LogP contribution is -2.31. The van der Waals surface area contributed by atoms with Crippen molar-refractivity contribution in [2.24, 2.45) is 16.8 Å². The number of nitrogens with one attached hydrogen (secondary N) is 1. The summed E-state index contributed by atoms with van der Waals surface area (Å²) in [6.07, 6.45) is 0.302. The fourth-order valence-corrected chi connectivity index (χ4v) is 1.73. The molecule has 0 aliphatic rings. The van der Waals surface area contributed by atoms with Crippen molar-refractivity contribution in [3.8, 4) is 0 Å². The molecule has 4 N–H and O–H groups in total. The molecule has 0 radical (unpaired) electrons. The second-order valence-electron chi connectivity index (χ2n) is 4.72. The Morgan fingerprint density at radius 2 is 2.10 bits per heavy atom. The summed E-state index contributed by atoms with van der Waals surface area (Å²) in [5, 5.41) is 14.3. The Morgan fingerprint density at radius 1 is 1.45 bits per heavy atom. The molecule has 1 atom stereocenters. The van der Waals surface area contributed by atoms with Crippen molar-refractivity contribution in [1.29, 1.82) is 0 Å². The number of hydrogen-bond acceptors (Lipinski definition) is 4. The van der Waals surface area contributed by atoms with Gasteiger partial charge in [0, 0.05) is 19.2 Å². The zero-order valence-electron chi connectivity index (χ0n) is 11.8. The van der Waals surface area contributed by atoms with E-state index in [1.807, 2.05) is 6.92 Å². The lowest BCUT2D eigenvalue weighted by Gasteiger charge is -2.11. The van der Waals surface area contributed by atoms with E-state index in [1.54, 1.807) is 31.4 Å². The first-order chi connectivity index (χ1) is 9.56. The number of methoxy groups -OCH3 is 1. The molecule has 6 nitrogen and oxygen atoms in total. The molecule has 6 heteroatoms. The van der Waals surface area contributed by atoms with Gasteiger partial charge in [0.25, 0.3) is 0 Å². The number of nitrogens with two attached hydrogens (primary N) is 1. The van der Waals surface area contributed by atoms with Crippen LogP contribution < -0.4 is 11.1 Å². The number of carbonyl (C=O) groups excluding carboxylic acids is 1. The van der Waals surface area contributed by atoms with Crippen LogP contribution in [0.4, 0.5) is 0 Å². The van der Waals surface area contributed by atoms with Crippen molar-refractivity contribution in [1.82, 2.24) is 5.32 Å².